The number of hydrogen-bond acceptors (Lipinski definition) is 4. The molecule has 6 rings (SSSR count). The summed E-state index contributed by atoms with van der Waals surface area (Å²) in [4.78, 5) is 14.8. The number of rotatable bonds is 3. The van der Waals surface area contributed by atoms with Crippen molar-refractivity contribution in [1.29, 1.82) is 0 Å². The van der Waals surface area contributed by atoms with Crippen molar-refractivity contribution in [3.63, 3.8) is 0 Å². The van der Waals surface area contributed by atoms with Gasteiger partial charge in [0.2, 0.25) is 0 Å². The minimum Gasteiger partial charge on any atom is -0.456 e. The molecule has 0 spiro atoms. The van der Waals surface area contributed by atoms with Gasteiger partial charge < -0.3 is 4.42 Å². The fourth-order valence-corrected chi connectivity index (χ4v) is 4.97. The minimum atomic E-state index is -0.146. The first-order valence-electron chi connectivity index (χ1n) is 13.5. The zero-order valence-corrected chi connectivity index (χ0v) is 23.4. The normalized spacial score (nSPS) is 12.4. The van der Waals surface area contributed by atoms with Gasteiger partial charge in [-0.3, -0.25) is 0 Å². The van der Waals surface area contributed by atoms with E-state index in [1.807, 2.05) is 60.7 Å². The van der Waals surface area contributed by atoms with Gasteiger partial charge in [0.1, 0.15) is 11.2 Å². The van der Waals surface area contributed by atoms with Gasteiger partial charge in [-0.05, 0) is 34.6 Å². The zero-order chi connectivity index (χ0) is 27.4. The Morgan fingerprint density at radius 2 is 1.05 bits per heavy atom. The number of fused-ring (bicyclic) bond motifs is 3. The standard InChI is InChI=1S/C35H33N3O/c1-34(2,3)25-17-18-26-27-19-24(20-28(35(4,5)6)30(27)39-29(26)21-25)33-37-31(22-13-9-7-10-14-22)36-32(38-33)23-15-11-8-12-16-23/h7-21H,1-6H3. The predicted molar refractivity (Wildman–Crippen MR) is 161 cm³/mol. The molecule has 194 valence electrons. The second-order valence-electron chi connectivity index (χ2n) is 12.3. The summed E-state index contributed by atoms with van der Waals surface area (Å²) in [6.07, 6.45) is 0. The second-order valence-corrected chi connectivity index (χ2v) is 12.3. The van der Waals surface area contributed by atoms with Gasteiger partial charge in [0.15, 0.2) is 17.5 Å². The van der Waals surface area contributed by atoms with E-state index in [1.165, 1.54) is 5.56 Å². The van der Waals surface area contributed by atoms with Crippen molar-refractivity contribution in [1.82, 2.24) is 15.0 Å². The summed E-state index contributed by atoms with van der Waals surface area (Å²) in [5, 5.41) is 2.18. The molecule has 4 aromatic carbocycles. The van der Waals surface area contributed by atoms with Crippen molar-refractivity contribution >= 4 is 21.9 Å². The highest BCUT2D eigenvalue weighted by molar-refractivity contribution is 6.07. The molecule has 0 aliphatic heterocycles. The minimum absolute atomic E-state index is 0.0394. The van der Waals surface area contributed by atoms with Gasteiger partial charge in [0.25, 0.3) is 0 Å². The van der Waals surface area contributed by atoms with Crippen LogP contribution < -0.4 is 0 Å². The van der Waals surface area contributed by atoms with Crippen molar-refractivity contribution in [2.24, 2.45) is 0 Å². The number of furan rings is 1. The molecule has 4 heteroatoms. The van der Waals surface area contributed by atoms with Crippen molar-refractivity contribution in [3.05, 3.63) is 102 Å². The van der Waals surface area contributed by atoms with Crippen molar-refractivity contribution in [2.75, 3.05) is 0 Å². The Hall–Kier alpha value is -4.31. The van der Waals surface area contributed by atoms with E-state index in [9.17, 15) is 0 Å². The molecule has 0 radical (unpaired) electrons. The molecule has 0 aliphatic rings. The molecular weight excluding hydrogens is 478 g/mol. The van der Waals surface area contributed by atoms with Crippen LogP contribution in [0.3, 0.4) is 0 Å². The van der Waals surface area contributed by atoms with Crippen LogP contribution in [0, 0.1) is 0 Å². The molecule has 4 nitrogen and oxygen atoms in total. The first-order chi connectivity index (χ1) is 18.6. The summed E-state index contributed by atoms with van der Waals surface area (Å²) in [6, 6.07) is 31.1. The molecule has 0 amide bonds. The maximum atomic E-state index is 6.57. The first-order valence-corrected chi connectivity index (χ1v) is 13.5. The van der Waals surface area contributed by atoms with Crippen LogP contribution in [0.1, 0.15) is 52.7 Å². The van der Waals surface area contributed by atoms with E-state index in [0.717, 1.165) is 44.2 Å². The van der Waals surface area contributed by atoms with E-state index < -0.39 is 0 Å². The third kappa shape index (κ3) is 4.72. The van der Waals surface area contributed by atoms with Gasteiger partial charge in [-0.2, -0.15) is 0 Å². The average Bonchev–Trinajstić information content (AvgIpc) is 3.30. The predicted octanol–water partition coefficient (Wildman–Crippen LogP) is 9.37. The smallest absolute Gasteiger partial charge is 0.164 e. The van der Waals surface area contributed by atoms with Crippen LogP contribution >= 0.6 is 0 Å². The topological polar surface area (TPSA) is 51.8 Å². The van der Waals surface area contributed by atoms with E-state index in [4.69, 9.17) is 19.4 Å². The van der Waals surface area contributed by atoms with Crippen LogP contribution in [0.4, 0.5) is 0 Å². The highest BCUT2D eigenvalue weighted by atomic mass is 16.3. The number of aromatic nitrogens is 3. The van der Waals surface area contributed by atoms with E-state index in [0.29, 0.717) is 17.5 Å². The third-order valence-corrected chi connectivity index (χ3v) is 7.20. The van der Waals surface area contributed by atoms with Gasteiger partial charge in [0.05, 0.1) is 0 Å². The lowest BCUT2D eigenvalue weighted by atomic mass is 9.84. The largest absolute Gasteiger partial charge is 0.456 e. The second kappa shape index (κ2) is 9.16. The zero-order valence-electron chi connectivity index (χ0n) is 23.4. The van der Waals surface area contributed by atoms with Gasteiger partial charge in [-0.15, -0.1) is 0 Å². The lowest BCUT2D eigenvalue weighted by Crippen LogP contribution is -2.12. The molecule has 39 heavy (non-hydrogen) atoms. The van der Waals surface area contributed by atoms with Crippen LogP contribution in [0.15, 0.2) is 95.4 Å². The molecule has 0 atom stereocenters. The molecule has 0 saturated heterocycles. The highest BCUT2D eigenvalue weighted by Crippen LogP contribution is 2.40. The van der Waals surface area contributed by atoms with Gasteiger partial charge in [0, 0.05) is 33.0 Å². The van der Waals surface area contributed by atoms with E-state index in [2.05, 4.69) is 71.9 Å². The highest BCUT2D eigenvalue weighted by Gasteiger charge is 2.25. The van der Waals surface area contributed by atoms with Crippen molar-refractivity contribution in [2.45, 2.75) is 52.4 Å². The van der Waals surface area contributed by atoms with Crippen molar-refractivity contribution in [3.8, 4) is 34.2 Å². The van der Waals surface area contributed by atoms with E-state index >= 15 is 0 Å². The molecule has 0 aliphatic carbocycles. The fourth-order valence-electron chi connectivity index (χ4n) is 4.97. The molecular formula is C35H33N3O. The summed E-state index contributed by atoms with van der Waals surface area (Å²) < 4.78 is 6.57. The molecule has 0 N–H and O–H groups in total. The Morgan fingerprint density at radius 1 is 0.513 bits per heavy atom. The Kier molecular flexibility index (Phi) is 5.87. The first kappa shape index (κ1) is 25.0. The van der Waals surface area contributed by atoms with Gasteiger partial charge >= 0.3 is 0 Å². The van der Waals surface area contributed by atoms with Crippen LogP contribution in [0.5, 0.6) is 0 Å². The molecule has 0 saturated carbocycles. The van der Waals surface area contributed by atoms with Crippen molar-refractivity contribution < 1.29 is 4.42 Å². The summed E-state index contributed by atoms with van der Waals surface area (Å²) in [5.41, 5.74) is 6.98. The lowest BCUT2D eigenvalue weighted by molar-refractivity contribution is 0.570. The average molecular weight is 512 g/mol. The van der Waals surface area contributed by atoms with Gasteiger partial charge in [-0.25, -0.2) is 15.0 Å². The Morgan fingerprint density at radius 3 is 1.56 bits per heavy atom. The quantitative estimate of drug-likeness (QED) is 0.237. The van der Waals surface area contributed by atoms with E-state index in [-0.39, 0.29) is 10.8 Å². The third-order valence-electron chi connectivity index (χ3n) is 7.20. The van der Waals surface area contributed by atoms with Gasteiger partial charge in [-0.1, -0.05) is 114 Å². The monoisotopic (exact) mass is 511 g/mol. The van der Waals surface area contributed by atoms with Crippen LogP contribution in [0.25, 0.3) is 56.1 Å². The maximum absolute atomic E-state index is 6.57. The Labute approximate surface area is 229 Å². The molecule has 2 heterocycles. The Balaban J connectivity index is 1.63. The molecule has 0 bridgehead atoms. The number of nitrogens with zero attached hydrogens (tertiary/aromatic N) is 3. The SMILES string of the molecule is CC(C)(C)c1ccc2c(c1)oc1c(C(C)(C)C)cc(-c3nc(-c4ccccc4)nc(-c4ccccc4)n3)cc12. The van der Waals surface area contributed by atoms with Crippen LogP contribution in [0.2, 0.25) is 0 Å². The molecule has 6 aromatic rings. The molecule has 0 fully saturated rings. The summed E-state index contributed by atoms with van der Waals surface area (Å²) >= 11 is 0. The summed E-state index contributed by atoms with van der Waals surface area (Å²) in [6.45, 7) is 13.3. The summed E-state index contributed by atoms with van der Waals surface area (Å²) in [7, 11) is 0. The summed E-state index contributed by atoms with van der Waals surface area (Å²) in [5.74, 6) is 1.96. The van der Waals surface area contributed by atoms with Crippen LogP contribution in [-0.4, -0.2) is 15.0 Å². The number of benzene rings is 4. The lowest BCUT2D eigenvalue weighted by Gasteiger charge is -2.20. The van der Waals surface area contributed by atoms with Crippen LogP contribution in [-0.2, 0) is 10.8 Å². The molecule has 2 aromatic heterocycles. The Bertz CT molecular complexity index is 1750. The maximum Gasteiger partial charge on any atom is 0.164 e. The molecule has 0 unspecified atom stereocenters. The van der Waals surface area contributed by atoms with E-state index in [1.54, 1.807) is 0 Å². The number of hydrogen-bond donors (Lipinski definition) is 0. The fraction of sp³-hybridized carbons (Fsp3) is 0.229.